The summed E-state index contributed by atoms with van der Waals surface area (Å²) in [6, 6.07) is 66.6. The largest absolute Gasteiger partial charge is 0.310 e. The second kappa shape index (κ2) is 13.2. The van der Waals surface area contributed by atoms with Gasteiger partial charge in [-0.3, -0.25) is 0 Å². The van der Waals surface area contributed by atoms with Gasteiger partial charge in [-0.1, -0.05) is 115 Å². The molecule has 0 aliphatic carbocycles. The molecule has 244 valence electrons. The van der Waals surface area contributed by atoms with Crippen molar-refractivity contribution in [3.63, 3.8) is 0 Å². The normalized spacial score (nSPS) is 11.1. The number of benzene rings is 7. The Balaban J connectivity index is 1.19. The average Bonchev–Trinajstić information content (AvgIpc) is 3.56. The van der Waals surface area contributed by atoms with Gasteiger partial charge in [-0.15, -0.1) is 0 Å². The minimum Gasteiger partial charge on any atom is -0.310 e. The maximum atomic E-state index is 10.6. The molecule has 2 heterocycles. The molecule has 2 aromatic heterocycles. The molecule has 0 fully saturated rings. The smallest absolute Gasteiger partial charge is 0.160 e. The van der Waals surface area contributed by atoms with Gasteiger partial charge in [-0.25, -0.2) is 9.97 Å². The second-order valence-corrected chi connectivity index (χ2v) is 12.6. The standard InChI is InChI=1S/C47H31N5/c48-32-35-29-38(25-27-40(35)44-31-43(33-15-5-1-6-16-33)49-47(50-44)34-17-7-2-8-18-34)52-45-24-14-13-23-41(45)42-30-39(26-28-46(42)52)51(36-19-9-3-10-20-36)37-21-11-4-12-22-37/h1-31H. The Hall–Kier alpha value is -7.29. The molecule has 9 rings (SSSR count). The molecule has 0 spiro atoms. The maximum absolute atomic E-state index is 10.6. The van der Waals surface area contributed by atoms with Crippen molar-refractivity contribution >= 4 is 38.9 Å². The third-order valence-electron chi connectivity index (χ3n) is 9.43. The molecule has 0 unspecified atom stereocenters. The highest BCUT2D eigenvalue weighted by Gasteiger charge is 2.19. The first-order chi connectivity index (χ1) is 25.7. The third kappa shape index (κ3) is 5.55. The van der Waals surface area contributed by atoms with Gasteiger partial charge in [-0.05, 0) is 72.8 Å². The van der Waals surface area contributed by atoms with E-state index in [1.807, 2.05) is 91.0 Å². The predicted molar refractivity (Wildman–Crippen MR) is 212 cm³/mol. The number of para-hydroxylation sites is 3. The van der Waals surface area contributed by atoms with Crippen molar-refractivity contribution in [3.8, 4) is 45.7 Å². The molecule has 0 N–H and O–H groups in total. The van der Waals surface area contributed by atoms with Crippen LogP contribution in [0, 0.1) is 11.3 Å². The van der Waals surface area contributed by atoms with E-state index >= 15 is 0 Å². The lowest BCUT2D eigenvalue weighted by Gasteiger charge is -2.25. The summed E-state index contributed by atoms with van der Waals surface area (Å²) in [5.41, 5.74) is 11.0. The van der Waals surface area contributed by atoms with Crippen molar-refractivity contribution in [1.29, 1.82) is 5.26 Å². The minimum atomic E-state index is 0.538. The lowest BCUT2D eigenvalue weighted by atomic mass is 10.0. The van der Waals surface area contributed by atoms with E-state index in [4.69, 9.17) is 9.97 Å². The van der Waals surface area contributed by atoms with Crippen molar-refractivity contribution in [2.45, 2.75) is 0 Å². The summed E-state index contributed by atoms with van der Waals surface area (Å²) in [6.07, 6.45) is 0. The van der Waals surface area contributed by atoms with Gasteiger partial charge in [0.1, 0.15) is 0 Å². The van der Waals surface area contributed by atoms with Crippen LogP contribution in [0.5, 0.6) is 0 Å². The molecule has 0 bridgehead atoms. The molecular formula is C47H31N5. The van der Waals surface area contributed by atoms with Gasteiger partial charge in [0, 0.05) is 50.2 Å². The molecule has 9 aromatic rings. The van der Waals surface area contributed by atoms with Gasteiger partial charge in [-0.2, -0.15) is 5.26 Å². The van der Waals surface area contributed by atoms with Crippen LogP contribution < -0.4 is 4.90 Å². The van der Waals surface area contributed by atoms with Crippen LogP contribution in [0.4, 0.5) is 17.1 Å². The fraction of sp³-hybridized carbons (Fsp3) is 0. The summed E-state index contributed by atoms with van der Waals surface area (Å²) < 4.78 is 2.25. The summed E-state index contributed by atoms with van der Waals surface area (Å²) in [7, 11) is 0. The van der Waals surface area contributed by atoms with Crippen LogP contribution in [0.25, 0.3) is 61.4 Å². The van der Waals surface area contributed by atoms with Gasteiger partial charge < -0.3 is 9.47 Å². The molecule has 0 radical (unpaired) electrons. The van der Waals surface area contributed by atoms with Crippen LogP contribution in [-0.2, 0) is 0 Å². The summed E-state index contributed by atoms with van der Waals surface area (Å²) in [5.74, 6) is 0.614. The zero-order valence-corrected chi connectivity index (χ0v) is 28.1. The lowest BCUT2D eigenvalue weighted by molar-refractivity contribution is 1.16. The Kier molecular flexibility index (Phi) is 7.81. The van der Waals surface area contributed by atoms with E-state index in [1.165, 1.54) is 0 Å². The topological polar surface area (TPSA) is 57.7 Å². The fourth-order valence-electron chi connectivity index (χ4n) is 7.03. The highest BCUT2D eigenvalue weighted by molar-refractivity contribution is 6.10. The minimum absolute atomic E-state index is 0.538. The number of hydrogen-bond acceptors (Lipinski definition) is 4. The highest BCUT2D eigenvalue weighted by Crippen LogP contribution is 2.40. The number of anilines is 3. The number of hydrogen-bond donors (Lipinski definition) is 0. The molecule has 0 saturated heterocycles. The van der Waals surface area contributed by atoms with Crippen molar-refractivity contribution in [2.75, 3.05) is 4.90 Å². The molecule has 5 heteroatoms. The van der Waals surface area contributed by atoms with Crippen molar-refractivity contribution in [1.82, 2.24) is 14.5 Å². The zero-order chi connectivity index (χ0) is 34.9. The number of fused-ring (bicyclic) bond motifs is 3. The predicted octanol–water partition coefficient (Wildman–Crippen LogP) is 11.9. The van der Waals surface area contributed by atoms with Crippen molar-refractivity contribution in [3.05, 3.63) is 194 Å². The molecule has 7 aromatic carbocycles. The van der Waals surface area contributed by atoms with Crippen LogP contribution in [0.3, 0.4) is 0 Å². The Morgan fingerprint density at radius 3 is 1.71 bits per heavy atom. The Morgan fingerprint density at radius 2 is 1.04 bits per heavy atom. The fourth-order valence-corrected chi connectivity index (χ4v) is 7.03. The van der Waals surface area contributed by atoms with Crippen LogP contribution in [-0.4, -0.2) is 14.5 Å². The van der Waals surface area contributed by atoms with Gasteiger partial charge in [0.25, 0.3) is 0 Å². The molecule has 5 nitrogen and oxygen atoms in total. The van der Waals surface area contributed by atoms with Crippen LogP contribution in [0.15, 0.2) is 188 Å². The maximum Gasteiger partial charge on any atom is 0.160 e. The van der Waals surface area contributed by atoms with E-state index in [0.29, 0.717) is 17.1 Å². The number of aromatic nitrogens is 3. The molecule has 0 aliphatic rings. The molecule has 0 amide bonds. The van der Waals surface area contributed by atoms with Gasteiger partial charge >= 0.3 is 0 Å². The lowest BCUT2D eigenvalue weighted by Crippen LogP contribution is -2.09. The number of nitrogens with zero attached hydrogens (tertiary/aromatic N) is 5. The Morgan fingerprint density at radius 1 is 0.462 bits per heavy atom. The Labute approximate surface area is 302 Å². The highest BCUT2D eigenvalue weighted by atomic mass is 15.1. The van der Waals surface area contributed by atoms with Gasteiger partial charge in [0.05, 0.1) is 34.1 Å². The summed E-state index contributed by atoms with van der Waals surface area (Å²) >= 11 is 0. The second-order valence-electron chi connectivity index (χ2n) is 12.6. The molecule has 0 atom stereocenters. The quantitative estimate of drug-likeness (QED) is 0.170. The summed E-state index contributed by atoms with van der Waals surface area (Å²) in [6.45, 7) is 0. The van der Waals surface area contributed by atoms with Crippen LogP contribution in [0.2, 0.25) is 0 Å². The first-order valence-electron chi connectivity index (χ1n) is 17.2. The molecule has 0 aliphatic heterocycles. The monoisotopic (exact) mass is 665 g/mol. The third-order valence-corrected chi connectivity index (χ3v) is 9.43. The van der Waals surface area contributed by atoms with E-state index in [1.54, 1.807) is 0 Å². The molecule has 52 heavy (non-hydrogen) atoms. The number of rotatable bonds is 7. The van der Waals surface area contributed by atoms with Gasteiger partial charge in [0.2, 0.25) is 0 Å². The molecule has 0 saturated carbocycles. The van der Waals surface area contributed by atoms with Gasteiger partial charge in [0.15, 0.2) is 5.82 Å². The van der Waals surface area contributed by atoms with Crippen LogP contribution >= 0.6 is 0 Å². The van der Waals surface area contributed by atoms with Crippen LogP contribution in [0.1, 0.15) is 5.56 Å². The van der Waals surface area contributed by atoms with E-state index in [2.05, 4.69) is 113 Å². The number of nitriles is 1. The summed E-state index contributed by atoms with van der Waals surface area (Å²) in [4.78, 5) is 12.2. The van der Waals surface area contributed by atoms with E-state index in [9.17, 15) is 5.26 Å². The summed E-state index contributed by atoms with van der Waals surface area (Å²) in [5, 5.41) is 12.9. The van der Waals surface area contributed by atoms with E-state index in [-0.39, 0.29) is 0 Å². The first-order valence-corrected chi connectivity index (χ1v) is 17.2. The van der Waals surface area contributed by atoms with Crippen molar-refractivity contribution in [2.24, 2.45) is 0 Å². The average molecular weight is 666 g/mol. The van der Waals surface area contributed by atoms with E-state index < -0.39 is 0 Å². The zero-order valence-electron chi connectivity index (χ0n) is 28.1. The Bertz CT molecular complexity index is 2640. The van der Waals surface area contributed by atoms with E-state index in [0.717, 1.165) is 66.9 Å². The molecular weight excluding hydrogens is 635 g/mol. The van der Waals surface area contributed by atoms with Crippen molar-refractivity contribution < 1.29 is 0 Å². The SMILES string of the molecule is N#Cc1cc(-n2c3ccccc3c3cc(N(c4ccccc4)c4ccccc4)ccc32)ccc1-c1cc(-c2ccccc2)nc(-c2ccccc2)n1. The first kappa shape index (κ1) is 30.7.